The van der Waals surface area contributed by atoms with E-state index < -0.39 is 0 Å². The highest BCUT2D eigenvalue weighted by molar-refractivity contribution is 5.48. The Morgan fingerprint density at radius 3 is 2.24 bits per heavy atom. The van der Waals surface area contributed by atoms with Gasteiger partial charge in [0.05, 0.1) is 0 Å². The highest BCUT2D eigenvalue weighted by Crippen LogP contribution is 2.17. The Bertz CT molecular complexity index is 326. The Labute approximate surface area is 104 Å². The van der Waals surface area contributed by atoms with Crippen LogP contribution in [0.25, 0.3) is 0 Å². The zero-order valence-corrected chi connectivity index (χ0v) is 10.9. The van der Waals surface area contributed by atoms with Crippen LogP contribution in [-0.2, 0) is 6.54 Å². The molecule has 0 unspecified atom stereocenters. The fourth-order valence-corrected chi connectivity index (χ4v) is 2.35. The van der Waals surface area contributed by atoms with E-state index in [2.05, 4.69) is 46.3 Å². The van der Waals surface area contributed by atoms with Crippen LogP contribution in [0.15, 0.2) is 24.3 Å². The van der Waals surface area contributed by atoms with E-state index in [0.717, 1.165) is 19.6 Å². The fourth-order valence-electron chi connectivity index (χ4n) is 2.35. The summed E-state index contributed by atoms with van der Waals surface area (Å²) in [6, 6.07) is 8.93. The lowest BCUT2D eigenvalue weighted by Gasteiger charge is -2.35. The van der Waals surface area contributed by atoms with E-state index in [9.17, 15) is 0 Å². The molecule has 1 fully saturated rings. The van der Waals surface area contributed by atoms with Crippen molar-refractivity contribution in [2.45, 2.75) is 13.5 Å². The van der Waals surface area contributed by atoms with Gasteiger partial charge in [-0.2, -0.15) is 0 Å². The van der Waals surface area contributed by atoms with Gasteiger partial charge in [0, 0.05) is 38.4 Å². The third-order valence-corrected chi connectivity index (χ3v) is 3.50. The van der Waals surface area contributed by atoms with Gasteiger partial charge in [0.15, 0.2) is 0 Å². The Kier molecular flexibility index (Phi) is 4.40. The molecule has 1 aromatic rings. The summed E-state index contributed by atoms with van der Waals surface area (Å²) in [6.45, 7) is 9.04. The van der Waals surface area contributed by atoms with E-state index >= 15 is 0 Å². The quantitative estimate of drug-likeness (QED) is 0.851. The second-order valence-electron chi connectivity index (χ2n) is 4.62. The highest BCUT2D eigenvalue weighted by atomic mass is 15.3. The van der Waals surface area contributed by atoms with Crippen LogP contribution < -0.4 is 10.2 Å². The van der Waals surface area contributed by atoms with E-state index in [1.54, 1.807) is 0 Å². The molecule has 0 atom stereocenters. The van der Waals surface area contributed by atoms with Gasteiger partial charge in [-0.1, -0.05) is 19.1 Å². The molecule has 17 heavy (non-hydrogen) atoms. The number of nitrogens with one attached hydrogen (secondary N) is 1. The van der Waals surface area contributed by atoms with Crippen molar-refractivity contribution in [2.75, 3.05) is 44.7 Å². The van der Waals surface area contributed by atoms with Gasteiger partial charge in [-0.15, -0.1) is 0 Å². The van der Waals surface area contributed by atoms with Gasteiger partial charge >= 0.3 is 0 Å². The van der Waals surface area contributed by atoms with Crippen LogP contribution in [0.5, 0.6) is 0 Å². The maximum absolute atomic E-state index is 3.18. The molecule has 0 radical (unpaired) electrons. The van der Waals surface area contributed by atoms with E-state index in [1.807, 2.05) is 7.05 Å². The zero-order valence-electron chi connectivity index (χ0n) is 10.9. The first kappa shape index (κ1) is 12.4. The van der Waals surface area contributed by atoms with E-state index in [1.165, 1.54) is 30.9 Å². The smallest absolute Gasteiger partial charge is 0.0367 e. The van der Waals surface area contributed by atoms with Gasteiger partial charge in [0.1, 0.15) is 0 Å². The lowest BCUT2D eigenvalue weighted by Crippen LogP contribution is -2.46. The average Bonchev–Trinajstić information content (AvgIpc) is 2.40. The molecule has 2 rings (SSSR count). The summed E-state index contributed by atoms with van der Waals surface area (Å²) in [5.74, 6) is 0. The first-order valence-corrected chi connectivity index (χ1v) is 6.54. The maximum atomic E-state index is 3.18. The summed E-state index contributed by atoms with van der Waals surface area (Å²) in [4.78, 5) is 4.99. The number of hydrogen-bond donors (Lipinski definition) is 1. The molecule has 0 spiro atoms. The number of benzene rings is 1. The second-order valence-corrected chi connectivity index (χ2v) is 4.62. The number of rotatable bonds is 4. The maximum Gasteiger partial charge on any atom is 0.0367 e. The van der Waals surface area contributed by atoms with Gasteiger partial charge in [-0.3, -0.25) is 0 Å². The summed E-state index contributed by atoms with van der Waals surface area (Å²) in [7, 11) is 1.98. The van der Waals surface area contributed by atoms with Crippen LogP contribution in [-0.4, -0.2) is 44.7 Å². The summed E-state index contributed by atoms with van der Waals surface area (Å²) < 4.78 is 0. The molecule has 0 aromatic heterocycles. The minimum absolute atomic E-state index is 0.948. The number of nitrogens with zero attached hydrogens (tertiary/aromatic N) is 2. The Morgan fingerprint density at radius 1 is 1.06 bits per heavy atom. The summed E-state index contributed by atoms with van der Waals surface area (Å²) in [5.41, 5.74) is 2.71. The highest BCUT2D eigenvalue weighted by Gasteiger charge is 2.15. The van der Waals surface area contributed by atoms with Crippen LogP contribution in [0.4, 0.5) is 5.69 Å². The number of likely N-dealkylation sites (N-methyl/N-ethyl adjacent to an activating group) is 1. The molecule has 1 aliphatic rings. The fraction of sp³-hybridized carbons (Fsp3) is 0.571. The molecule has 0 aliphatic carbocycles. The van der Waals surface area contributed by atoms with Crippen LogP contribution in [0.2, 0.25) is 0 Å². The molecule has 1 saturated heterocycles. The molecule has 0 bridgehead atoms. The van der Waals surface area contributed by atoms with Gasteiger partial charge in [-0.25, -0.2) is 0 Å². The van der Waals surface area contributed by atoms with Gasteiger partial charge in [-0.05, 0) is 31.3 Å². The third-order valence-electron chi connectivity index (χ3n) is 3.50. The first-order chi connectivity index (χ1) is 8.33. The Balaban J connectivity index is 1.94. The Hall–Kier alpha value is -1.06. The van der Waals surface area contributed by atoms with Crippen LogP contribution >= 0.6 is 0 Å². The molecule has 1 N–H and O–H groups in total. The third kappa shape index (κ3) is 3.20. The van der Waals surface area contributed by atoms with E-state index in [0.29, 0.717) is 0 Å². The summed E-state index contributed by atoms with van der Waals surface area (Å²) in [5, 5.41) is 3.18. The molecule has 94 valence electrons. The predicted molar refractivity (Wildman–Crippen MR) is 73.5 cm³/mol. The van der Waals surface area contributed by atoms with Gasteiger partial charge < -0.3 is 15.1 Å². The van der Waals surface area contributed by atoms with Crippen molar-refractivity contribution in [3.05, 3.63) is 29.8 Å². The van der Waals surface area contributed by atoms with Crippen molar-refractivity contribution < 1.29 is 0 Å². The number of hydrogen-bond acceptors (Lipinski definition) is 3. The number of anilines is 1. The monoisotopic (exact) mass is 233 g/mol. The second kappa shape index (κ2) is 6.03. The zero-order chi connectivity index (χ0) is 12.1. The van der Waals surface area contributed by atoms with Gasteiger partial charge in [0.25, 0.3) is 0 Å². The molecular formula is C14H23N3. The molecule has 1 aromatic carbocycles. The number of piperazine rings is 1. The van der Waals surface area contributed by atoms with Gasteiger partial charge in [0.2, 0.25) is 0 Å². The first-order valence-electron chi connectivity index (χ1n) is 6.54. The predicted octanol–water partition coefficient (Wildman–Crippen LogP) is 1.55. The molecule has 3 heteroatoms. The minimum Gasteiger partial charge on any atom is -0.369 e. The molecular weight excluding hydrogens is 210 g/mol. The van der Waals surface area contributed by atoms with Crippen molar-refractivity contribution in [1.82, 2.24) is 10.2 Å². The summed E-state index contributed by atoms with van der Waals surface area (Å²) in [6.07, 6.45) is 0. The minimum atomic E-state index is 0.948. The molecule has 1 heterocycles. The molecule has 1 aliphatic heterocycles. The van der Waals surface area contributed by atoms with Crippen molar-refractivity contribution in [2.24, 2.45) is 0 Å². The van der Waals surface area contributed by atoms with Crippen LogP contribution in [0, 0.1) is 0 Å². The molecule has 0 saturated carbocycles. The van der Waals surface area contributed by atoms with Crippen molar-refractivity contribution >= 4 is 5.69 Å². The normalized spacial score (nSPS) is 17.4. The molecule has 3 nitrogen and oxygen atoms in total. The topological polar surface area (TPSA) is 18.5 Å². The largest absolute Gasteiger partial charge is 0.369 e. The molecule has 0 amide bonds. The van der Waals surface area contributed by atoms with Crippen LogP contribution in [0.1, 0.15) is 12.5 Å². The van der Waals surface area contributed by atoms with Crippen molar-refractivity contribution in [3.8, 4) is 0 Å². The standard InChI is InChI=1S/C14H23N3/c1-3-16-8-10-17(11-9-16)14-6-4-13(5-7-14)12-15-2/h4-7,15H,3,8-12H2,1-2H3. The van der Waals surface area contributed by atoms with E-state index in [-0.39, 0.29) is 0 Å². The lowest BCUT2D eigenvalue weighted by atomic mass is 10.2. The van der Waals surface area contributed by atoms with Crippen LogP contribution in [0.3, 0.4) is 0 Å². The Morgan fingerprint density at radius 2 is 1.71 bits per heavy atom. The summed E-state index contributed by atoms with van der Waals surface area (Å²) >= 11 is 0. The van der Waals surface area contributed by atoms with Crippen molar-refractivity contribution in [3.63, 3.8) is 0 Å². The lowest BCUT2D eigenvalue weighted by molar-refractivity contribution is 0.271. The SMILES string of the molecule is CCN1CCN(c2ccc(CNC)cc2)CC1. The van der Waals surface area contributed by atoms with E-state index in [4.69, 9.17) is 0 Å². The average molecular weight is 233 g/mol. The van der Waals surface area contributed by atoms with Crippen molar-refractivity contribution in [1.29, 1.82) is 0 Å².